The normalized spacial score (nSPS) is 19.1. The second-order valence-corrected chi connectivity index (χ2v) is 14.3. The number of amides is 1. The number of β-lactam (4-membered cyclic amide) rings is 1. The number of hydrogen-bond donors (Lipinski definition) is 5. The molecule has 6 rings (SSSR count). The van der Waals surface area contributed by atoms with Crippen LogP contribution in [0.5, 0.6) is 0 Å². The van der Waals surface area contributed by atoms with Crippen LogP contribution in [0.2, 0.25) is 0 Å². The summed E-state index contributed by atoms with van der Waals surface area (Å²) in [5.74, 6) is -1.87. The van der Waals surface area contributed by atoms with Crippen molar-refractivity contribution in [3.8, 4) is 0 Å². The number of carboxylic acid groups (broad SMARTS) is 1. The third kappa shape index (κ3) is 6.86. The van der Waals surface area contributed by atoms with Gasteiger partial charge in [0.25, 0.3) is 11.4 Å². The summed E-state index contributed by atoms with van der Waals surface area (Å²) < 4.78 is 0. The van der Waals surface area contributed by atoms with E-state index in [4.69, 9.17) is 11.5 Å². The molecule has 3 atom stereocenters. The van der Waals surface area contributed by atoms with Gasteiger partial charge in [-0.25, -0.2) is 4.79 Å². The Kier molecular flexibility index (Phi) is 9.05. The minimum atomic E-state index is -1.76. The molecule has 4 aromatic rings. The molecule has 2 heterocycles. The van der Waals surface area contributed by atoms with Crippen LogP contribution in [0, 0.1) is 20.2 Å². The van der Waals surface area contributed by atoms with Gasteiger partial charge in [-0.05, 0) is 46.5 Å². The van der Waals surface area contributed by atoms with E-state index in [1.54, 1.807) is 48.5 Å². The fourth-order valence-corrected chi connectivity index (χ4v) is 8.68. The number of fused-ring (bicyclic) bond motifs is 1. The standard InChI is InChI=1S/C36H33N5O9S/c37-26-9-5-24(6-10-26)34(45,17-22-1-13-28(14-2-22)40(47)48)19-30-32(33(43)44)39-31(42)20-36(39,51-30)21-35(46,25-7-11-27(38)12-8-25)18-23-3-15-29(16-4-23)41(49)50/h1-16,45-46H,17-21,37-38H2,(H,43,44)/t34-,35-,36?/m0/s1. The van der Waals surface area contributed by atoms with E-state index >= 15 is 0 Å². The number of thioether (sulfide) groups is 1. The highest BCUT2D eigenvalue weighted by Crippen LogP contribution is 2.61. The Morgan fingerprint density at radius 3 is 1.59 bits per heavy atom. The van der Waals surface area contributed by atoms with Crippen molar-refractivity contribution < 1.29 is 34.8 Å². The number of nitrogen functional groups attached to an aromatic ring is 2. The van der Waals surface area contributed by atoms with Crippen molar-refractivity contribution in [3.05, 3.63) is 150 Å². The number of nitrogens with two attached hydrogens (primary N) is 2. The first-order valence-electron chi connectivity index (χ1n) is 15.7. The summed E-state index contributed by atoms with van der Waals surface area (Å²) in [5.41, 5.74) is 10.6. The Hall–Kier alpha value is -5.77. The van der Waals surface area contributed by atoms with Crippen molar-refractivity contribution in [3.63, 3.8) is 0 Å². The smallest absolute Gasteiger partial charge is 0.353 e. The summed E-state index contributed by atoms with van der Waals surface area (Å²) in [6.07, 6.45) is -0.610. The predicted octanol–water partition coefficient (Wildman–Crippen LogP) is 4.98. The second kappa shape index (κ2) is 13.2. The molecular formula is C36H33N5O9S. The number of carbonyl (C=O) groups is 2. The molecule has 1 unspecified atom stereocenters. The van der Waals surface area contributed by atoms with E-state index in [0.717, 1.165) is 11.8 Å². The van der Waals surface area contributed by atoms with Crippen molar-refractivity contribution in [2.75, 3.05) is 11.5 Å². The average Bonchev–Trinajstić information content (AvgIpc) is 3.32. The minimum absolute atomic E-state index is 0.0352. The van der Waals surface area contributed by atoms with Gasteiger partial charge in [0.2, 0.25) is 5.91 Å². The van der Waals surface area contributed by atoms with E-state index in [1.165, 1.54) is 53.4 Å². The van der Waals surface area contributed by atoms with Crippen LogP contribution in [0.4, 0.5) is 22.7 Å². The minimum Gasteiger partial charge on any atom is -0.477 e. The topological polar surface area (TPSA) is 236 Å². The molecule has 1 fully saturated rings. The lowest BCUT2D eigenvalue weighted by molar-refractivity contribution is -0.385. The summed E-state index contributed by atoms with van der Waals surface area (Å²) in [6.45, 7) is 0. The summed E-state index contributed by atoms with van der Waals surface area (Å²) in [5, 5.41) is 57.9. The van der Waals surface area contributed by atoms with E-state index < -0.39 is 37.8 Å². The highest BCUT2D eigenvalue weighted by molar-refractivity contribution is 8.04. The SMILES string of the molecule is Nc1ccc([C@@](O)(CC2=C(C(=O)O)N3C(=O)CC3(C[C@@](O)(Cc3ccc([N+](=O)[O-])cc3)c3ccc(N)cc3)S2)Cc2ccc([N+](=O)[O-])cc2)cc1. The predicted molar refractivity (Wildman–Crippen MR) is 189 cm³/mol. The van der Waals surface area contributed by atoms with Crippen molar-refractivity contribution in [2.24, 2.45) is 0 Å². The van der Waals surface area contributed by atoms with Crippen molar-refractivity contribution in [2.45, 2.75) is 48.2 Å². The second-order valence-electron chi connectivity index (χ2n) is 12.9. The van der Waals surface area contributed by atoms with Gasteiger partial charge in [-0.3, -0.25) is 29.9 Å². The number of carboxylic acids is 1. The molecule has 51 heavy (non-hydrogen) atoms. The van der Waals surface area contributed by atoms with Crippen LogP contribution >= 0.6 is 11.8 Å². The molecule has 15 heteroatoms. The zero-order valence-electron chi connectivity index (χ0n) is 27.0. The van der Waals surface area contributed by atoms with Gasteiger partial charge < -0.3 is 26.8 Å². The molecule has 0 spiro atoms. The maximum absolute atomic E-state index is 13.3. The Balaban J connectivity index is 1.38. The van der Waals surface area contributed by atoms with E-state index in [2.05, 4.69) is 0 Å². The number of non-ortho nitro benzene ring substituents is 2. The Morgan fingerprint density at radius 2 is 1.18 bits per heavy atom. The first kappa shape index (κ1) is 35.1. The third-order valence-corrected chi connectivity index (χ3v) is 10.7. The summed E-state index contributed by atoms with van der Waals surface area (Å²) in [7, 11) is 0. The fourth-order valence-electron chi connectivity index (χ4n) is 6.84. The molecule has 14 nitrogen and oxygen atoms in total. The maximum Gasteiger partial charge on any atom is 0.353 e. The Morgan fingerprint density at radius 1 is 0.745 bits per heavy atom. The molecule has 2 aliphatic heterocycles. The highest BCUT2D eigenvalue weighted by Gasteiger charge is 2.63. The highest BCUT2D eigenvalue weighted by atomic mass is 32.2. The van der Waals surface area contributed by atoms with Gasteiger partial charge in [0.05, 0.1) is 27.5 Å². The largest absolute Gasteiger partial charge is 0.477 e. The van der Waals surface area contributed by atoms with Crippen molar-refractivity contribution in [1.29, 1.82) is 0 Å². The number of nitrogens with zero attached hydrogens (tertiary/aromatic N) is 3. The van der Waals surface area contributed by atoms with Gasteiger partial charge >= 0.3 is 5.97 Å². The molecule has 1 saturated heterocycles. The number of rotatable bonds is 13. The third-order valence-electron chi connectivity index (χ3n) is 9.29. The first-order chi connectivity index (χ1) is 24.1. The van der Waals surface area contributed by atoms with Crippen LogP contribution in [0.15, 0.2) is 108 Å². The molecule has 2 aliphatic rings. The summed E-state index contributed by atoms with van der Waals surface area (Å²) in [6, 6.07) is 24.3. The Bertz CT molecular complexity index is 2060. The first-order valence-corrected chi connectivity index (χ1v) is 16.6. The monoisotopic (exact) mass is 711 g/mol. The van der Waals surface area contributed by atoms with Gasteiger partial charge in [-0.2, -0.15) is 0 Å². The van der Waals surface area contributed by atoms with Crippen LogP contribution in [0.3, 0.4) is 0 Å². The van der Waals surface area contributed by atoms with E-state index in [9.17, 15) is 45.1 Å². The molecule has 262 valence electrons. The van der Waals surface area contributed by atoms with Crippen LogP contribution in [-0.2, 0) is 33.6 Å². The van der Waals surface area contributed by atoms with Crippen molar-refractivity contribution >= 4 is 46.4 Å². The molecule has 0 radical (unpaired) electrons. The van der Waals surface area contributed by atoms with Gasteiger partial charge in [0.15, 0.2) is 0 Å². The lowest BCUT2D eigenvalue weighted by Crippen LogP contribution is -2.61. The van der Waals surface area contributed by atoms with Crippen LogP contribution < -0.4 is 11.5 Å². The molecule has 0 aliphatic carbocycles. The number of aliphatic hydroxyl groups is 2. The average molecular weight is 712 g/mol. The van der Waals surface area contributed by atoms with E-state index in [-0.39, 0.29) is 54.1 Å². The molecular weight excluding hydrogens is 678 g/mol. The van der Waals surface area contributed by atoms with Gasteiger partial charge in [0.1, 0.15) is 10.6 Å². The molecule has 1 amide bonds. The van der Waals surface area contributed by atoms with E-state index in [1.807, 2.05) is 0 Å². The molecule has 0 aromatic heterocycles. The molecule has 0 saturated carbocycles. The number of hydrogen-bond acceptors (Lipinski definition) is 11. The number of aliphatic carboxylic acids is 1. The van der Waals surface area contributed by atoms with Crippen LogP contribution in [0.25, 0.3) is 0 Å². The van der Waals surface area contributed by atoms with Crippen molar-refractivity contribution in [1.82, 2.24) is 4.90 Å². The molecule has 4 aromatic carbocycles. The number of anilines is 2. The quantitative estimate of drug-likeness (QED) is 0.0534. The maximum atomic E-state index is 13.3. The lowest BCUT2D eigenvalue weighted by Gasteiger charge is -2.50. The van der Waals surface area contributed by atoms with Crippen LogP contribution in [0.1, 0.15) is 41.5 Å². The summed E-state index contributed by atoms with van der Waals surface area (Å²) >= 11 is 1.09. The fraction of sp³-hybridized carbons (Fsp3) is 0.222. The number of benzene rings is 4. The van der Waals surface area contributed by atoms with Gasteiger partial charge in [-0.1, -0.05) is 60.3 Å². The number of nitro benzene ring substituents is 2. The molecule has 7 N–H and O–H groups in total. The summed E-state index contributed by atoms with van der Waals surface area (Å²) in [4.78, 5) is 47.7. The number of carbonyl (C=O) groups excluding carboxylic acids is 1. The number of nitro groups is 2. The van der Waals surface area contributed by atoms with Gasteiger partial charge in [0, 0.05) is 66.2 Å². The van der Waals surface area contributed by atoms with Crippen LogP contribution in [-0.4, -0.2) is 46.8 Å². The lowest BCUT2D eigenvalue weighted by atomic mass is 9.78. The Labute approximate surface area is 295 Å². The zero-order chi connectivity index (χ0) is 36.7. The van der Waals surface area contributed by atoms with E-state index in [0.29, 0.717) is 33.6 Å². The zero-order valence-corrected chi connectivity index (χ0v) is 27.8. The van der Waals surface area contributed by atoms with Gasteiger partial charge in [-0.15, -0.1) is 0 Å². The molecule has 0 bridgehead atoms.